The van der Waals surface area contributed by atoms with Crippen molar-refractivity contribution in [1.82, 2.24) is 10.2 Å². The third-order valence-electron chi connectivity index (χ3n) is 6.23. The summed E-state index contributed by atoms with van der Waals surface area (Å²) in [5.74, 6) is 1.13. The number of halogens is 1. The summed E-state index contributed by atoms with van der Waals surface area (Å²) in [6.07, 6.45) is 6.02. The number of carbonyl (C=O) groups is 2. The molecule has 184 valence electrons. The lowest BCUT2D eigenvalue weighted by Crippen LogP contribution is -2.52. The van der Waals surface area contributed by atoms with Crippen LogP contribution in [0.4, 0.5) is 4.39 Å². The van der Waals surface area contributed by atoms with Gasteiger partial charge in [0.15, 0.2) is 0 Å². The van der Waals surface area contributed by atoms with Gasteiger partial charge in [-0.25, -0.2) is 4.39 Å². The highest BCUT2D eigenvalue weighted by atomic mass is 32.2. The highest BCUT2D eigenvalue weighted by molar-refractivity contribution is 7.99. The van der Waals surface area contributed by atoms with Gasteiger partial charge >= 0.3 is 0 Å². The largest absolute Gasteiger partial charge is 0.497 e. The number of ether oxygens (including phenoxy) is 1. The van der Waals surface area contributed by atoms with Crippen LogP contribution < -0.4 is 10.1 Å². The van der Waals surface area contributed by atoms with Gasteiger partial charge in [-0.2, -0.15) is 0 Å². The number of carbonyl (C=O) groups excluding carboxylic acids is 2. The molecule has 0 unspecified atom stereocenters. The highest BCUT2D eigenvalue weighted by Crippen LogP contribution is 2.21. The maximum absolute atomic E-state index is 13.4. The fraction of sp³-hybridized carbons (Fsp3) is 0.481. The van der Waals surface area contributed by atoms with E-state index in [2.05, 4.69) is 5.32 Å². The van der Waals surface area contributed by atoms with E-state index in [1.165, 1.54) is 30.3 Å². The zero-order valence-corrected chi connectivity index (χ0v) is 20.9. The van der Waals surface area contributed by atoms with Gasteiger partial charge in [0.25, 0.3) is 0 Å². The van der Waals surface area contributed by atoms with Crippen LogP contribution in [0.1, 0.15) is 56.6 Å². The molecule has 2 aromatic carbocycles. The molecule has 1 aliphatic carbocycles. The fourth-order valence-electron chi connectivity index (χ4n) is 4.35. The van der Waals surface area contributed by atoms with Gasteiger partial charge in [0, 0.05) is 18.3 Å². The molecule has 1 saturated carbocycles. The molecule has 0 radical (unpaired) electrons. The predicted octanol–water partition coefficient (Wildman–Crippen LogP) is 5.32. The Morgan fingerprint density at radius 1 is 1.12 bits per heavy atom. The third kappa shape index (κ3) is 7.76. The average molecular weight is 487 g/mol. The molecule has 0 saturated heterocycles. The lowest BCUT2D eigenvalue weighted by molar-refractivity contribution is -0.139. The molecule has 0 aliphatic heterocycles. The zero-order chi connectivity index (χ0) is 24.3. The van der Waals surface area contributed by atoms with Crippen molar-refractivity contribution >= 4 is 23.6 Å². The highest BCUT2D eigenvalue weighted by Gasteiger charge is 2.30. The average Bonchev–Trinajstić information content (AvgIpc) is 2.85. The molecule has 0 bridgehead atoms. The predicted molar refractivity (Wildman–Crippen MR) is 135 cm³/mol. The van der Waals surface area contributed by atoms with Gasteiger partial charge in [0.05, 0.1) is 12.9 Å². The van der Waals surface area contributed by atoms with E-state index in [0.29, 0.717) is 18.7 Å². The van der Waals surface area contributed by atoms with Crippen LogP contribution in [0.15, 0.2) is 48.5 Å². The molecular weight excluding hydrogens is 451 g/mol. The SMILES string of the molecule is CC[C@@H](C(=O)NC1CCCCC1)N(Cc1cccc(OC)c1)C(=O)CSCc1ccc(F)cc1. The quantitative estimate of drug-likeness (QED) is 0.467. The van der Waals surface area contributed by atoms with Gasteiger partial charge in [0.2, 0.25) is 11.8 Å². The zero-order valence-electron chi connectivity index (χ0n) is 20.1. The summed E-state index contributed by atoms with van der Waals surface area (Å²) in [5, 5.41) is 3.20. The molecular formula is C27H35FN2O3S. The first kappa shape index (κ1) is 26.1. The number of methoxy groups -OCH3 is 1. The lowest BCUT2D eigenvalue weighted by atomic mass is 9.95. The summed E-state index contributed by atoms with van der Waals surface area (Å²) >= 11 is 1.47. The number of nitrogens with zero attached hydrogens (tertiary/aromatic N) is 1. The van der Waals surface area contributed by atoms with E-state index in [9.17, 15) is 14.0 Å². The van der Waals surface area contributed by atoms with E-state index >= 15 is 0 Å². The minimum absolute atomic E-state index is 0.0748. The van der Waals surface area contributed by atoms with Crippen LogP contribution in [-0.4, -0.2) is 41.7 Å². The summed E-state index contributed by atoms with van der Waals surface area (Å²) in [7, 11) is 1.61. The first-order valence-corrected chi connectivity index (χ1v) is 13.2. The molecule has 1 aliphatic rings. The van der Waals surface area contributed by atoms with Gasteiger partial charge in [-0.3, -0.25) is 9.59 Å². The Bertz CT molecular complexity index is 932. The van der Waals surface area contributed by atoms with Gasteiger partial charge in [-0.05, 0) is 54.7 Å². The molecule has 5 nitrogen and oxygen atoms in total. The maximum Gasteiger partial charge on any atom is 0.243 e. The molecule has 2 aromatic rings. The minimum Gasteiger partial charge on any atom is -0.497 e. The van der Waals surface area contributed by atoms with Crippen molar-refractivity contribution in [2.45, 2.75) is 69.8 Å². The van der Waals surface area contributed by atoms with Crippen LogP contribution in [0.2, 0.25) is 0 Å². The van der Waals surface area contributed by atoms with Crippen LogP contribution in [0, 0.1) is 5.82 Å². The second kappa shape index (κ2) is 13.4. The van der Waals surface area contributed by atoms with Crippen LogP contribution in [0.25, 0.3) is 0 Å². The Morgan fingerprint density at radius 2 is 1.85 bits per heavy atom. The second-order valence-corrected chi connectivity index (χ2v) is 9.75. The Labute approximate surface area is 206 Å². The van der Waals surface area contributed by atoms with Gasteiger partial charge in [-0.1, -0.05) is 50.5 Å². The van der Waals surface area contributed by atoms with Crippen LogP contribution >= 0.6 is 11.8 Å². The van der Waals surface area contributed by atoms with Gasteiger partial charge < -0.3 is 15.0 Å². The Hall–Kier alpha value is -2.54. The van der Waals surface area contributed by atoms with Gasteiger partial charge in [-0.15, -0.1) is 11.8 Å². The topological polar surface area (TPSA) is 58.6 Å². The van der Waals surface area contributed by atoms with Crippen LogP contribution in [-0.2, 0) is 21.9 Å². The fourth-order valence-corrected chi connectivity index (χ4v) is 5.22. The standard InChI is InChI=1S/C27H35FN2O3S/c1-3-25(27(32)29-23-9-5-4-6-10-23)30(17-21-8-7-11-24(16-21)33-2)26(31)19-34-18-20-12-14-22(28)15-13-20/h7-8,11-16,23,25H,3-6,9-10,17-19H2,1-2H3,(H,29,32)/t25-/m0/s1. The van der Waals surface area contributed by atoms with E-state index in [1.807, 2.05) is 31.2 Å². The lowest BCUT2D eigenvalue weighted by Gasteiger charge is -2.32. The summed E-state index contributed by atoms with van der Waals surface area (Å²) in [6.45, 7) is 2.28. The van der Waals surface area contributed by atoms with Crippen molar-refractivity contribution in [3.8, 4) is 5.75 Å². The Kier molecular flexibility index (Phi) is 10.3. The summed E-state index contributed by atoms with van der Waals surface area (Å²) in [5.41, 5.74) is 1.88. The summed E-state index contributed by atoms with van der Waals surface area (Å²) < 4.78 is 18.5. The number of hydrogen-bond donors (Lipinski definition) is 1. The smallest absolute Gasteiger partial charge is 0.243 e. The second-order valence-electron chi connectivity index (χ2n) is 8.76. The van der Waals surface area contributed by atoms with E-state index in [4.69, 9.17) is 4.74 Å². The molecule has 0 spiro atoms. The van der Waals surface area contributed by atoms with Crippen LogP contribution in [0.5, 0.6) is 5.75 Å². The molecule has 34 heavy (non-hydrogen) atoms. The van der Waals surface area contributed by atoms with Crippen molar-refractivity contribution in [3.63, 3.8) is 0 Å². The van der Waals surface area contributed by atoms with Gasteiger partial charge in [0.1, 0.15) is 17.6 Å². The number of hydrogen-bond acceptors (Lipinski definition) is 4. The first-order valence-electron chi connectivity index (χ1n) is 12.0. The van der Waals surface area contributed by atoms with Crippen molar-refractivity contribution < 1.29 is 18.7 Å². The summed E-state index contributed by atoms with van der Waals surface area (Å²) in [6, 6.07) is 13.6. The van der Waals surface area contributed by atoms with E-state index in [0.717, 1.165) is 42.6 Å². The third-order valence-corrected chi connectivity index (χ3v) is 7.22. The Morgan fingerprint density at radius 3 is 2.53 bits per heavy atom. The monoisotopic (exact) mass is 486 g/mol. The molecule has 7 heteroatoms. The van der Waals surface area contributed by atoms with Crippen molar-refractivity contribution in [2.24, 2.45) is 0 Å². The minimum atomic E-state index is -0.535. The number of rotatable bonds is 11. The van der Waals surface area contributed by atoms with Crippen molar-refractivity contribution in [2.75, 3.05) is 12.9 Å². The van der Waals surface area contributed by atoms with Crippen molar-refractivity contribution in [3.05, 3.63) is 65.5 Å². The number of amides is 2. The normalized spacial score (nSPS) is 14.9. The number of benzene rings is 2. The number of thioether (sulfide) groups is 1. The molecule has 0 aromatic heterocycles. The molecule has 0 heterocycles. The maximum atomic E-state index is 13.4. The molecule has 2 amide bonds. The molecule has 1 fully saturated rings. The Balaban J connectivity index is 1.71. The first-order chi connectivity index (χ1) is 16.5. The molecule has 1 atom stereocenters. The summed E-state index contributed by atoms with van der Waals surface area (Å²) in [4.78, 5) is 28.3. The molecule has 3 rings (SSSR count). The molecule has 1 N–H and O–H groups in total. The van der Waals surface area contributed by atoms with E-state index < -0.39 is 6.04 Å². The van der Waals surface area contributed by atoms with Crippen molar-refractivity contribution in [1.29, 1.82) is 0 Å². The van der Waals surface area contributed by atoms with E-state index in [1.54, 1.807) is 24.1 Å². The van der Waals surface area contributed by atoms with Crippen LogP contribution in [0.3, 0.4) is 0 Å². The number of nitrogens with one attached hydrogen (secondary N) is 1. The van der Waals surface area contributed by atoms with E-state index in [-0.39, 0.29) is 29.4 Å².